The van der Waals surface area contributed by atoms with E-state index in [0.717, 1.165) is 25.7 Å². The van der Waals surface area contributed by atoms with Gasteiger partial charge in [0.15, 0.2) is 0 Å². The first-order valence-electron chi connectivity index (χ1n) is 5.89. The van der Waals surface area contributed by atoms with Gasteiger partial charge in [-0.05, 0) is 25.0 Å². The lowest BCUT2D eigenvalue weighted by Gasteiger charge is -2.16. The maximum Gasteiger partial charge on any atom is 0.339 e. The Balaban J connectivity index is 0.00000256. The van der Waals surface area contributed by atoms with Gasteiger partial charge in [-0.15, -0.1) is 0 Å². The minimum atomic E-state index is -0.264. The lowest BCUT2D eigenvalue weighted by atomic mass is 10.1. The monoisotopic (exact) mass is 237 g/mol. The highest BCUT2D eigenvalue weighted by Gasteiger charge is 2.14. The molecule has 3 nitrogen and oxygen atoms in total. The van der Waals surface area contributed by atoms with Crippen molar-refractivity contribution >= 4 is 5.97 Å². The number of aromatic nitrogens is 1. The average molecular weight is 237 g/mol. The molecule has 0 aromatic carbocycles. The summed E-state index contributed by atoms with van der Waals surface area (Å²) in [6.07, 6.45) is 7.15. The van der Waals surface area contributed by atoms with Crippen molar-refractivity contribution in [2.24, 2.45) is 0 Å². The normalized spacial score (nSPS) is 9.82. The van der Waals surface area contributed by atoms with E-state index in [1.54, 1.807) is 18.3 Å². The number of esters is 1. The molecule has 0 saturated carbocycles. The van der Waals surface area contributed by atoms with E-state index in [4.69, 9.17) is 4.74 Å². The lowest BCUT2D eigenvalue weighted by molar-refractivity contribution is 0.0258. The van der Waals surface area contributed by atoms with Crippen molar-refractivity contribution in [2.75, 3.05) is 0 Å². The summed E-state index contributed by atoms with van der Waals surface area (Å²) < 4.78 is 5.44. The Kier molecular flexibility index (Phi) is 8.03. The maximum atomic E-state index is 11.7. The van der Waals surface area contributed by atoms with Gasteiger partial charge in [0.25, 0.3) is 0 Å². The van der Waals surface area contributed by atoms with Gasteiger partial charge in [-0.3, -0.25) is 4.98 Å². The highest BCUT2D eigenvalue weighted by atomic mass is 16.5. The summed E-state index contributed by atoms with van der Waals surface area (Å²) in [7, 11) is 0. The first-order valence-corrected chi connectivity index (χ1v) is 5.89. The molecule has 1 aromatic rings. The summed E-state index contributed by atoms with van der Waals surface area (Å²) >= 11 is 0. The molecule has 0 atom stereocenters. The highest BCUT2D eigenvalue weighted by molar-refractivity contribution is 5.89. The van der Waals surface area contributed by atoms with E-state index in [0.29, 0.717) is 5.56 Å². The van der Waals surface area contributed by atoms with Crippen LogP contribution in [0.25, 0.3) is 0 Å². The molecule has 0 unspecified atom stereocenters. The number of carbonyl (C=O) groups is 1. The van der Waals surface area contributed by atoms with Crippen LogP contribution in [0.1, 0.15) is 57.3 Å². The minimum absolute atomic E-state index is 0. The van der Waals surface area contributed by atoms with Crippen LogP contribution in [0.3, 0.4) is 0 Å². The molecule has 0 fully saturated rings. The fourth-order valence-electron chi connectivity index (χ4n) is 1.61. The third-order valence-corrected chi connectivity index (χ3v) is 2.39. The molecule has 0 aliphatic carbocycles. The van der Waals surface area contributed by atoms with E-state index >= 15 is 0 Å². The number of hydrogen-bond acceptors (Lipinski definition) is 3. The van der Waals surface area contributed by atoms with Crippen LogP contribution in [-0.4, -0.2) is 17.1 Å². The molecule has 96 valence electrons. The Labute approximate surface area is 104 Å². The summed E-state index contributed by atoms with van der Waals surface area (Å²) in [5, 5.41) is 0. The van der Waals surface area contributed by atoms with E-state index in [-0.39, 0.29) is 19.5 Å². The number of carbonyl (C=O) groups excluding carboxylic acids is 1. The molecule has 0 radical (unpaired) electrons. The van der Waals surface area contributed by atoms with E-state index in [2.05, 4.69) is 18.8 Å². The molecule has 1 heterocycles. The van der Waals surface area contributed by atoms with Gasteiger partial charge in [0.2, 0.25) is 0 Å². The van der Waals surface area contributed by atoms with Crippen LogP contribution in [0.15, 0.2) is 24.5 Å². The SMILES string of the molecule is C.CCCC(CCC)OC(=O)c1cccnc1. The second kappa shape index (κ2) is 8.74. The number of nitrogens with zero attached hydrogens (tertiary/aromatic N) is 1. The first-order chi connectivity index (χ1) is 7.77. The second-order valence-electron chi connectivity index (χ2n) is 3.85. The zero-order valence-electron chi connectivity index (χ0n) is 9.98. The van der Waals surface area contributed by atoms with Crippen molar-refractivity contribution in [3.63, 3.8) is 0 Å². The lowest BCUT2D eigenvalue weighted by Crippen LogP contribution is -2.18. The van der Waals surface area contributed by atoms with E-state index in [1.165, 1.54) is 6.20 Å². The summed E-state index contributed by atoms with van der Waals surface area (Å²) in [5.74, 6) is -0.264. The van der Waals surface area contributed by atoms with E-state index in [9.17, 15) is 4.79 Å². The van der Waals surface area contributed by atoms with Crippen LogP contribution in [0.4, 0.5) is 0 Å². The standard InChI is InChI=1S/C13H19NO2.CH4/c1-3-6-12(7-4-2)16-13(15)11-8-5-9-14-10-11;/h5,8-10,12H,3-4,6-7H2,1-2H3;1H4. The van der Waals surface area contributed by atoms with Gasteiger partial charge < -0.3 is 4.74 Å². The zero-order valence-corrected chi connectivity index (χ0v) is 9.98. The Morgan fingerprint density at radius 2 is 2.00 bits per heavy atom. The summed E-state index contributed by atoms with van der Waals surface area (Å²) in [5.41, 5.74) is 0.528. The smallest absolute Gasteiger partial charge is 0.339 e. The summed E-state index contributed by atoms with van der Waals surface area (Å²) in [6.45, 7) is 4.20. The molecule has 1 aromatic heterocycles. The molecule has 0 aliphatic rings. The largest absolute Gasteiger partial charge is 0.459 e. The molecule has 3 heteroatoms. The van der Waals surface area contributed by atoms with Crippen molar-refractivity contribution in [2.45, 2.75) is 53.1 Å². The van der Waals surface area contributed by atoms with Gasteiger partial charge in [-0.25, -0.2) is 4.79 Å². The van der Waals surface area contributed by atoms with Crippen LogP contribution in [-0.2, 0) is 4.74 Å². The summed E-state index contributed by atoms with van der Waals surface area (Å²) in [6, 6.07) is 3.47. The number of hydrogen-bond donors (Lipinski definition) is 0. The van der Waals surface area contributed by atoms with Gasteiger partial charge in [-0.1, -0.05) is 34.1 Å². The zero-order chi connectivity index (χ0) is 11.8. The fraction of sp³-hybridized carbons (Fsp3) is 0.571. The molecule has 17 heavy (non-hydrogen) atoms. The Hall–Kier alpha value is -1.38. The number of pyridine rings is 1. The van der Waals surface area contributed by atoms with Gasteiger partial charge in [0, 0.05) is 12.4 Å². The van der Waals surface area contributed by atoms with Gasteiger partial charge >= 0.3 is 5.97 Å². The molecule has 0 bridgehead atoms. The van der Waals surface area contributed by atoms with Gasteiger partial charge in [0.05, 0.1) is 5.56 Å². The summed E-state index contributed by atoms with van der Waals surface area (Å²) in [4.78, 5) is 15.6. The van der Waals surface area contributed by atoms with E-state index < -0.39 is 0 Å². The predicted molar refractivity (Wildman–Crippen MR) is 70.0 cm³/mol. The molecule has 0 N–H and O–H groups in total. The number of ether oxygens (including phenoxy) is 1. The average Bonchev–Trinajstić information content (AvgIpc) is 2.31. The predicted octanol–water partition coefficient (Wildman–Crippen LogP) is 3.84. The third kappa shape index (κ3) is 5.48. The maximum absolute atomic E-state index is 11.7. The molecular weight excluding hydrogens is 214 g/mol. The molecule has 0 amide bonds. The topological polar surface area (TPSA) is 39.2 Å². The van der Waals surface area contributed by atoms with Crippen LogP contribution < -0.4 is 0 Å². The molecule has 0 spiro atoms. The van der Waals surface area contributed by atoms with Crippen LogP contribution in [0.2, 0.25) is 0 Å². The van der Waals surface area contributed by atoms with Crippen molar-refractivity contribution in [3.05, 3.63) is 30.1 Å². The highest BCUT2D eigenvalue weighted by Crippen LogP contribution is 2.12. The third-order valence-electron chi connectivity index (χ3n) is 2.39. The quantitative estimate of drug-likeness (QED) is 0.705. The molecule has 0 aliphatic heterocycles. The Bertz CT molecular complexity index is 305. The Morgan fingerprint density at radius 3 is 2.47 bits per heavy atom. The van der Waals surface area contributed by atoms with Gasteiger partial charge in [0.1, 0.15) is 6.10 Å². The Morgan fingerprint density at radius 1 is 1.35 bits per heavy atom. The second-order valence-corrected chi connectivity index (χ2v) is 3.85. The molecule has 0 saturated heterocycles. The van der Waals surface area contributed by atoms with Crippen LogP contribution in [0, 0.1) is 0 Å². The van der Waals surface area contributed by atoms with Crippen molar-refractivity contribution < 1.29 is 9.53 Å². The van der Waals surface area contributed by atoms with Crippen molar-refractivity contribution in [1.82, 2.24) is 4.98 Å². The van der Waals surface area contributed by atoms with Gasteiger partial charge in [-0.2, -0.15) is 0 Å². The van der Waals surface area contributed by atoms with E-state index in [1.807, 2.05) is 0 Å². The molecular formula is C14H23NO2. The first kappa shape index (κ1) is 15.6. The fourth-order valence-corrected chi connectivity index (χ4v) is 1.61. The van der Waals surface area contributed by atoms with Crippen LogP contribution >= 0.6 is 0 Å². The minimum Gasteiger partial charge on any atom is -0.459 e. The molecule has 1 rings (SSSR count). The van der Waals surface area contributed by atoms with Crippen molar-refractivity contribution in [3.8, 4) is 0 Å². The van der Waals surface area contributed by atoms with Crippen LogP contribution in [0.5, 0.6) is 0 Å². The van der Waals surface area contributed by atoms with Crippen molar-refractivity contribution in [1.29, 1.82) is 0 Å². The number of rotatable bonds is 6.